The molecule has 3 N–H and O–H groups in total. The van der Waals surface area contributed by atoms with Crippen LogP contribution < -0.4 is 11.1 Å². The maximum Gasteiger partial charge on any atom is 0.188 e. The second-order valence-electron chi connectivity index (χ2n) is 5.53. The molecule has 0 bridgehead atoms. The van der Waals surface area contributed by atoms with Crippen molar-refractivity contribution >= 4 is 29.9 Å². The maximum absolute atomic E-state index is 5.93. The summed E-state index contributed by atoms with van der Waals surface area (Å²) in [4.78, 5) is 4.51. The molecular weight excluding hydrogens is 325 g/mol. The first-order valence-electron chi connectivity index (χ1n) is 6.81. The molecule has 3 nitrogen and oxygen atoms in total. The van der Waals surface area contributed by atoms with Gasteiger partial charge < -0.3 is 11.1 Å². The van der Waals surface area contributed by atoms with Crippen molar-refractivity contribution in [1.82, 2.24) is 5.32 Å². The van der Waals surface area contributed by atoms with Crippen molar-refractivity contribution in [3.8, 4) is 0 Å². The molecule has 2 aliphatic carbocycles. The number of halogens is 1. The Balaban J connectivity index is 0.00000144. The predicted octanol–water partition coefficient (Wildman–Crippen LogP) is 3.03. The van der Waals surface area contributed by atoms with Crippen LogP contribution in [0.5, 0.6) is 0 Å². The van der Waals surface area contributed by atoms with Crippen LogP contribution in [0.25, 0.3) is 0 Å². The second kappa shape index (κ2) is 6.81. The number of nitrogens with two attached hydrogens (primary N) is 1. The smallest absolute Gasteiger partial charge is 0.188 e. The Morgan fingerprint density at radius 2 is 1.94 bits per heavy atom. The van der Waals surface area contributed by atoms with Gasteiger partial charge in [0.25, 0.3) is 0 Å². The van der Waals surface area contributed by atoms with Gasteiger partial charge in [0.2, 0.25) is 0 Å². The highest BCUT2D eigenvalue weighted by Crippen LogP contribution is 2.48. The Morgan fingerprint density at radius 3 is 2.47 bits per heavy atom. The van der Waals surface area contributed by atoms with Crippen LogP contribution >= 0.6 is 24.0 Å². The summed E-state index contributed by atoms with van der Waals surface area (Å²) in [5, 5.41) is 3.37. The summed E-state index contributed by atoms with van der Waals surface area (Å²) in [6.45, 7) is 3.18. The molecule has 0 aromatic rings. The molecule has 0 spiro atoms. The van der Waals surface area contributed by atoms with Gasteiger partial charge in [-0.3, -0.25) is 4.99 Å². The van der Waals surface area contributed by atoms with Crippen molar-refractivity contribution in [3.63, 3.8) is 0 Å². The minimum absolute atomic E-state index is 0. The summed E-state index contributed by atoms with van der Waals surface area (Å²) in [5.74, 6) is 0.673. The van der Waals surface area contributed by atoms with Crippen LogP contribution in [0.4, 0.5) is 0 Å². The van der Waals surface area contributed by atoms with Gasteiger partial charge in [0.05, 0.1) is 0 Å². The van der Waals surface area contributed by atoms with Gasteiger partial charge in [0.15, 0.2) is 5.96 Å². The lowest BCUT2D eigenvalue weighted by Gasteiger charge is -2.23. The van der Waals surface area contributed by atoms with E-state index in [2.05, 4.69) is 17.2 Å². The largest absolute Gasteiger partial charge is 0.370 e. The van der Waals surface area contributed by atoms with E-state index in [9.17, 15) is 0 Å². The fourth-order valence-electron chi connectivity index (χ4n) is 2.55. The summed E-state index contributed by atoms with van der Waals surface area (Å²) in [7, 11) is 0. The first kappa shape index (κ1) is 15.1. The average Bonchev–Trinajstić information content (AvgIpc) is 3.09. The van der Waals surface area contributed by atoms with Gasteiger partial charge >= 0.3 is 0 Å². The molecular formula is C13H26IN3. The summed E-state index contributed by atoms with van der Waals surface area (Å²) in [6.07, 6.45) is 10.5. The van der Waals surface area contributed by atoms with E-state index >= 15 is 0 Å². The molecule has 0 unspecified atom stereocenters. The third-order valence-electron chi connectivity index (χ3n) is 4.25. The van der Waals surface area contributed by atoms with Gasteiger partial charge in [0.1, 0.15) is 0 Å². The normalized spacial score (nSPS) is 23.9. The molecule has 0 aromatic carbocycles. The van der Waals surface area contributed by atoms with Crippen molar-refractivity contribution in [2.45, 2.75) is 64.3 Å². The molecule has 4 heteroatoms. The maximum atomic E-state index is 5.93. The molecule has 0 heterocycles. The number of hydrogen-bond donors (Lipinski definition) is 2. The third-order valence-corrected chi connectivity index (χ3v) is 4.25. The number of nitrogens with zero attached hydrogens (tertiary/aromatic N) is 1. The summed E-state index contributed by atoms with van der Waals surface area (Å²) in [5.41, 5.74) is 6.45. The number of nitrogens with one attached hydrogen (secondary N) is 1. The van der Waals surface area contributed by atoms with E-state index < -0.39 is 0 Å². The molecule has 0 saturated heterocycles. The minimum Gasteiger partial charge on any atom is -0.370 e. The molecule has 0 aromatic heterocycles. The molecule has 100 valence electrons. The van der Waals surface area contributed by atoms with E-state index in [1.165, 1.54) is 51.4 Å². The van der Waals surface area contributed by atoms with Crippen LogP contribution in [-0.4, -0.2) is 18.5 Å². The summed E-state index contributed by atoms with van der Waals surface area (Å²) in [6, 6.07) is 0.578. The van der Waals surface area contributed by atoms with Gasteiger partial charge in [-0.1, -0.05) is 26.2 Å². The highest BCUT2D eigenvalue weighted by atomic mass is 127. The van der Waals surface area contributed by atoms with Gasteiger partial charge in [-0.15, -0.1) is 24.0 Å². The quantitative estimate of drug-likeness (QED) is 0.465. The third kappa shape index (κ3) is 4.64. The fraction of sp³-hybridized carbons (Fsp3) is 0.923. The first-order valence-corrected chi connectivity index (χ1v) is 6.81. The van der Waals surface area contributed by atoms with Crippen LogP contribution in [0.3, 0.4) is 0 Å². The van der Waals surface area contributed by atoms with Crippen molar-refractivity contribution in [3.05, 3.63) is 0 Å². The zero-order valence-corrected chi connectivity index (χ0v) is 13.2. The van der Waals surface area contributed by atoms with Crippen molar-refractivity contribution in [2.75, 3.05) is 6.54 Å². The molecule has 0 amide bonds. The monoisotopic (exact) mass is 351 g/mol. The van der Waals surface area contributed by atoms with Gasteiger partial charge in [-0.2, -0.15) is 0 Å². The first-order chi connectivity index (χ1) is 7.74. The predicted molar refractivity (Wildman–Crippen MR) is 83.9 cm³/mol. The fourth-order valence-corrected chi connectivity index (χ4v) is 2.55. The lowest BCUT2D eigenvalue weighted by atomic mass is 9.96. The number of rotatable bonds is 4. The topological polar surface area (TPSA) is 50.4 Å². The van der Waals surface area contributed by atoms with Gasteiger partial charge in [0, 0.05) is 12.6 Å². The van der Waals surface area contributed by atoms with Crippen molar-refractivity contribution < 1.29 is 0 Å². The molecule has 2 aliphatic rings. The molecule has 0 atom stereocenters. The highest BCUT2D eigenvalue weighted by molar-refractivity contribution is 14.0. The van der Waals surface area contributed by atoms with Gasteiger partial charge in [-0.05, 0) is 37.5 Å². The Bertz CT molecular complexity index is 255. The van der Waals surface area contributed by atoms with Crippen molar-refractivity contribution in [1.29, 1.82) is 0 Å². The molecule has 2 saturated carbocycles. The van der Waals surface area contributed by atoms with E-state index in [4.69, 9.17) is 5.73 Å². The average molecular weight is 351 g/mol. The lowest BCUT2D eigenvalue weighted by molar-refractivity contribution is 0.411. The summed E-state index contributed by atoms with van der Waals surface area (Å²) < 4.78 is 0. The Labute approximate surface area is 122 Å². The number of hydrogen-bond acceptors (Lipinski definition) is 1. The Morgan fingerprint density at radius 1 is 1.29 bits per heavy atom. The number of aliphatic imine (C=N–C) groups is 1. The van der Waals surface area contributed by atoms with E-state index in [-0.39, 0.29) is 24.0 Å². The van der Waals surface area contributed by atoms with Crippen LogP contribution in [-0.2, 0) is 0 Å². The zero-order valence-electron chi connectivity index (χ0n) is 10.9. The molecule has 0 radical (unpaired) electrons. The van der Waals surface area contributed by atoms with E-state index in [0.717, 1.165) is 6.54 Å². The van der Waals surface area contributed by atoms with Crippen LogP contribution in [0.2, 0.25) is 0 Å². The minimum atomic E-state index is 0. The SMILES string of the molecule is CCC1(CN=C(N)NC2CCCCC2)CC1.I. The van der Waals surface area contributed by atoms with E-state index in [1.54, 1.807) is 0 Å². The van der Waals surface area contributed by atoms with E-state index in [0.29, 0.717) is 17.4 Å². The lowest BCUT2D eigenvalue weighted by Crippen LogP contribution is -2.41. The van der Waals surface area contributed by atoms with E-state index in [1.807, 2.05) is 0 Å². The van der Waals surface area contributed by atoms with Crippen LogP contribution in [0.15, 0.2) is 4.99 Å². The standard InChI is InChI=1S/C13H25N3.HI/c1-2-13(8-9-13)10-15-12(14)16-11-6-4-3-5-7-11;/h11H,2-10H2,1H3,(H3,14,15,16);1H. The molecule has 0 aliphatic heterocycles. The van der Waals surface area contributed by atoms with Crippen LogP contribution in [0.1, 0.15) is 58.3 Å². The number of guanidine groups is 1. The molecule has 2 fully saturated rings. The Hall–Kier alpha value is 0. The molecule has 2 rings (SSSR count). The second-order valence-corrected chi connectivity index (χ2v) is 5.53. The van der Waals surface area contributed by atoms with Crippen molar-refractivity contribution in [2.24, 2.45) is 16.1 Å². The highest BCUT2D eigenvalue weighted by Gasteiger charge is 2.40. The molecule has 17 heavy (non-hydrogen) atoms. The summed E-state index contributed by atoms with van der Waals surface area (Å²) >= 11 is 0. The van der Waals surface area contributed by atoms with Gasteiger partial charge in [-0.25, -0.2) is 0 Å². The van der Waals surface area contributed by atoms with Crippen LogP contribution in [0, 0.1) is 5.41 Å². The zero-order chi connectivity index (χ0) is 11.4. The Kier molecular flexibility index (Phi) is 6.03.